The Hall–Kier alpha value is -1.03. The normalized spacial score (nSPS) is 13.9. The summed E-state index contributed by atoms with van der Waals surface area (Å²) in [7, 11) is 0. The molecule has 0 fully saturated rings. The molecule has 0 aliphatic carbocycles. The molecule has 0 aromatic heterocycles. The minimum absolute atomic E-state index is 0.0653. The number of rotatable bonds is 5. The Bertz CT molecular complexity index is 195. The first-order valence-corrected chi connectivity index (χ1v) is 4.39. The van der Waals surface area contributed by atoms with Crippen LogP contribution >= 0.6 is 0 Å². The van der Waals surface area contributed by atoms with E-state index in [9.17, 15) is 0 Å². The third-order valence-electron chi connectivity index (χ3n) is 1.73. The molecule has 0 rings (SSSR count). The highest BCUT2D eigenvalue weighted by molar-refractivity contribution is 5.82. The van der Waals surface area contributed by atoms with Gasteiger partial charge in [0.25, 0.3) is 0 Å². The summed E-state index contributed by atoms with van der Waals surface area (Å²) in [6, 6.07) is 0. The number of hydrogen-bond donors (Lipinski definition) is 3. The van der Waals surface area contributed by atoms with Gasteiger partial charge in [-0.2, -0.15) is 0 Å². The Balaban J connectivity index is 3.60. The van der Waals surface area contributed by atoms with Crippen molar-refractivity contribution < 1.29 is 5.21 Å². The Morgan fingerprint density at radius 3 is 2.69 bits per heavy atom. The van der Waals surface area contributed by atoms with Crippen molar-refractivity contribution >= 4 is 5.84 Å². The van der Waals surface area contributed by atoms with Crippen LogP contribution in [0.1, 0.15) is 20.8 Å². The topological polar surface area (TPSA) is 70.6 Å². The van der Waals surface area contributed by atoms with Crippen molar-refractivity contribution in [2.24, 2.45) is 16.8 Å². The summed E-state index contributed by atoms with van der Waals surface area (Å²) in [5.41, 5.74) is 6.68. The van der Waals surface area contributed by atoms with Gasteiger partial charge in [-0.15, -0.1) is 0 Å². The van der Waals surface area contributed by atoms with E-state index in [2.05, 4.69) is 30.4 Å². The van der Waals surface area contributed by atoms with E-state index in [0.717, 1.165) is 13.1 Å². The van der Waals surface area contributed by atoms with Gasteiger partial charge in [-0.25, -0.2) is 0 Å². The number of nitrogens with two attached hydrogens (primary N) is 1. The average Bonchev–Trinajstić information content (AvgIpc) is 2.10. The van der Waals surface area contributed by atoms with E-state index in [4.69, 9.17) is 10.9 Å². The quantitative estimate of drug-likeness (QED) is 0.149. The number of amidine groups is 1. The van der Waals surface area contributed by atoms with Gasteiger partial charge < -0.3 is 16.3 Å². The fourth-order valence-electron chi connectivity index (χ4n) is 0.779. The Kier molecular flexibility index (Phi) is 5.97. The predicted octanol–water partition coefficient (Wildman–Crippen LogP) is 0.925. The number of nitrogens with zero attached hydrogens (tertiary/aromatic N) is 1. The first kappa shape index (κ1) is 12.0. The zero-order chi connectivity index (χ0) is 10.3. The molecule has 0 spiro atoms. The molecule has 4 N–H and O–H groups in total. The molecule has 0 aromatic rings. The zero-order valence-electron chi connectivity index (χ0n) is 8.54. The summed E-state index contributed by atoms with van der Waals surface area (Å²) in [5, 5.41) is 14.5. The van der Waals surface area contributed by atoms with Crippen molar-refractivity contribution in [3.8, 4) is 0 Å². The molecule has 13 heavy (non-hydrogen) atoms. The van der Waals surface area contributed by atoms with Gasteiger partial charge in [0.05, 0.1) is 0 Å². The van der Waals surface area contributed by atoms with Crippen LogP contribution in [0.4, 0.5) is 0 Å². The highest BCUT2D eigenvalue weighted by atomic mass is 16.4. The standard InChI is InChI=1S/C9H19N3O/c1-7(2)4-5-11-6-8(3)9(10)12-13/h4,8,11,13H,5-6H2,1-3H3,(H2,10,12). The molecule has 0 saturated heterocycles. The van der Waals surface area contributed by atoms with Crippen LogP contribution in [0.2, 0.25) is 0 Å². The maximum Gasteiger partial charge on any atom is 0.143 e. The lowest BCUT2D eigenvalue weighted by atomic mass is 10.1. The van der Waals surface area contributed by atoms with E-state index in [0.29, 0.717) is 0 Å². The van der Waals surface area contributed by atoms with Gasteiger partial charge in [0.2, 0.25) is 0 Å². The van der Waals surface area contributed by atoms with Crippen molar-refractivity contribution in [1.29, 1.82) is 0 Å². The number of oxime groups is 1. The highest BCUT2D eigenvalue weighted by Gasteiger charge is 2.05. The third kappa shape index (κ3) is 6.16. The second-order valence-electron chi connectivity index (χ2n) is 3.37. The van der Waals surface area contributed by atoms with Crippen LogP contribution in [0, 0.1) is 5.92 Å². The fraction of sp³-hybridized carbons (Fsp3) is 0.667. The summed E-state index contributed by atoms with van der Waals surface area (Å²) < 4.78 is 0. The summed E-state index contributed by atoms with van der Waals surface area (Å²) >= 11 is 0. The van der Waals surface area contributed by atoms with Crippen LogP contribution in [-0.2, 0) is 0 Å². The van der Waals surface area contributed by atoms with Gasteiger partial charge in [0.15, 0.2) is 0 Å². The zero-order valence-corrected chi connectivity index (χ0v) is 8.54. The van der Waals surface area contributed by atoms with Crippen LogP contribution in [0.5, 0.6) is 0 Å². The second-order valence-corrected chi connectivity index (χ2v) is 3.37. The predicted molar refractivity (Wildman–Crippen MR) is 54.9 cm³/mol. The van der Waals surface area contributed by atoms with Crippen molar-refractivity contribution in [3.63, 3.8) is 0 Å². The maximum atomic E-state index is 8.37. The van der Waals surface area contributed by atoms with Gasteiger partial charge in [-0.3, -0.25) is 0 Å². The minimum Gasteiger partial charge on any atom is -0.409 e. The summed E-state index contributed by atoms with van der Waals surface area (Å²) in [5.74, 6) is 0.334. The molecule has 4 heteroatoms. The first-order chi connectivity index (χ1) is 6.07. The second kappa shape index (κ2) is 6.48. The molecule has 1 atom stereocenters. The van der Waals surface area contributed by atoms with Crippen LogP contribution in [-0.4, -0.2) is 24.1 Å². The average molecular weight is 185 g/mol. The largest absolute Gasteiger partial charge is 0.409 e. The van der Waals surface area contributed by atoms with Gasteiger partial charge in [0, 0.05) is 19.0 Å². The van der Waals surface area contributed by atoms with Gasteiger partial charge >= 0.3 is 0 Å². The molecular formula is C9H19N3O. The fourth-order valence-corrected chi connectivity index (χ4v) is 0.779. The molecule has 76 valence electrons. The lowest BCUT2D eigenvalue weighted by molar-refractivity contribution is 0.314. The summed E-state index contributed by atoms with van der Waals surface area (Å²) in [6.07, 6.45) is 2.10. The van der Waals surface area contributed by atoms with E-state index in [1.165, 1.54) is 5.57 Å². The third-order valence-corrected chi connectivity index (χ3v) is 1.73. The van der Waals surface area contributed by atoms with Crippen LogP contribution < -0.4 is 11.1 Å². The lowest BCUT2D eigenvalue weighted by Crippen LogP contribution is -2.31. The molecule has 0 saturated carbocycles. The Morgan fingerprint density at radius 2 is 2.23 bits per heavy atom. The number of nitrogens with one attached hydrogen (secondary N) is 1. The smallest absolute Gasteiger partial charge is 0.143 e. The van der Waals surface area contributed by atoms with Crippen molar-refractivity contribution in [2.75, 3.05) is 13.1 Å². The molecule has 0 aliphatic heterocycles. The molecule has 1 unspecified atom stereocenters. The van der Waals surface area contributed by atoms with E-state index in [1.807, 2.05) is 6.92 Å². The van der Waals surface area contributed by atoms with Crippen molar-refractivity contribution in [3.05, 3.63) is 11.6 Å². The molecule has 0 radical (unpaired) electrons. The van der Waals surface area contributed by atoms with Crippen LogP contribution in [0.25, 0.3) is 0 Å². The minimum atomic E-state index is 0.0653. The molecule has 4 nitrogen and oxygen atoms in total. The van der Waals surface area contributed by atoms with E-state index in [-0.39, 0.29) is 11.8 Å². The molecule has 0 amide bonds. The van der Waals surface area contributed by atoms with Gasteiger partial charge in [-0.1, -0.05) is 23.7 Å². The van der Waals surface area contributed by atoms with E-state index in [1.54, 1.807) is 0 Å². The van der Waals surface area contributed by atoms with Crippen molar-refractivity contribution in [1.82, 2.24) is 5.32 Å². The SMILES string of the molecule is CC(C)=CCNCC(C)/C(N)=N/O. The van der Waals surface area contributed by atoms with Crippen LogP contribution in [0.15, 0.2) is 16.8 Å². The van der Waals surface area contributed by atoms with Gasteiger partial charge in [-0.05, 0) is 13.8 Å². The summed E-state index contributed by atoms with van der Waals surface area (Å²) in [4.78, 5) is 0. The van der Waals surface area contributed by atoms with Gasteiger partial charge in [0.1, 0.15) is 5.84 Å². The van der Waals surface area contributed by atoms with Crippen LogP contribution in [0.3, 0.4) is 0 Å². The first-order valence-electron chi connectivity index (χ1n) is 4.39. The van der Waals surface area contributed by atoms with Crippen molar-refractivity contribution in [2.45, 2.75) is 20.8 Å². The number of allylic oxidation sites excluding steroid dienone is 1. The Morgan fingerprint density at radius 1 is 1.62 bits per heavy atom. The maximum absolute atomic E-state index is 8.37. The Labute approximate surface area is 79.5 Å². The monoisotopic (exact) mass is 185 g/mol. The molecular weight excluding hydrogens is 166 g/mol. The lowest BCUT2D eigenvalue weighted by Gasteiger charge is -2.09. The summed E-state index contributed by atoms with van der Waals surface area (Å²) in [6.45, 7) is 7.55. The molecule has 0 aromatic carbocycles. The number of hydrogen-bond acceptors (Lipinski definition) is 3. The highest BCUT2D eigenvalue weighted by Crippen LogP contribution is 1.92. The van der Waals surface area contributed by atoms with E-state index >= 15 is 0 Å². The molecule has 0 aliphatic rings. The van der Waals surface area contributed by atoms with E-state index < -0.39 is 0 Å². The molecule has 0 bridgehead atoms. The molecule has 0 heterocycles.